The van der Waals surface area contributed by atoms with Crippen LogP contribution in [-0.4, -0.2) is 33.3 Å². The molecule has 0 aliphatic carbocycles. The first kappa shape index (κ1) is 21.8. The summed E-state index contributed by atoms with van der Waals surface area (Å²) in [5.41, 5.74) is 3.70. The van der Waals surface area contributed by atoms with Crippen molar-refractivity contribution in [1.29, 1.82) is 0 Å². The second-order valence-corrected chi connectivity index (χ2v) is 7.01. The van der Waals surface area contributed by atoms with Crippen LogP contribution in [0.5, 0.6) is 11.5 Å². The van der Waals surface area contributed by atoms with Crippen LogP contribution in [0.1, 0.15) is 16.7 Å². The van der Waals surface area contributed by atoms with Crippen molar-refractivity contribution in [2.45, 2.75) is 19.4 Å². The van der Waals surface area contributed by atoms with Gasteiger partial charge in [0.2, 0.25) is 0 Å². The van der Waals surface area contributed by atoms with Gasteiger partial charge in [0.15, 0.2) is 5.96 Å². The molecule has 5 nitrogen and oxygen atoms in total. The molecule has 0 bridgehead atoms. The lowest BCUT2D eigenvalue weighted by molar-refractivity contribution is 0.357. The van der Waals surface area contributed by atoms with Crippen LogP contribution in [0.15, 0.2) is 45.9 Å². The standard InChI is InChI=1S/C20H24BrN3O2.HI/c1-22-20(24-13-16-12-17(21)4-6-18(16)25-2)23-9-7-14-3-5-19-15(11-14)8-10-26-19;/h3-6,11-12H,7-10,13H2,1-2H3,(H2,22,23,24);1H. The van der Waals surface area contributed by atoms with E-state index in [9.17, 15) is 0 Å². The number of nitrogens with zero attached hydrogens (tertiary/aromatic N) is 1. The van der Waals surface area contributed by atoms with E-state index < -0.39 is 0 Å². The minimum Gasteiger partial charge on any atom is -0.496 e. The van der Waals surface area contributed by atoms with E-state index in [-0.39, 0.29) is 24.0 Å². The monoisotopic (exact) mass is 545 g/mol. The molecule has 1 aliphatic heterocycles. The molecule has 0 unspecified atom stereocenters. The van der Waals surface area contributed by atoms with Crippen molar-refractivity contribution in [3.63, 3.8) is 0 Å². The fraction of sp³-hybridized carbons (Fsp3) is 0.350. The molecule has 2 N–H and O–H groups in total. The highest BCUT2D eigenvalue weighted by Crippen LogP contribution is 2.26. The van der Waals surface area contributed by atoms with Crippen molar-refractivity contribution >= 4 is 45.9 Å². The van der Waals surface area contributed by atoms with E-state index in [1.165, 1.54) is 11.1 Å². The number of hydrogen-bond donors (Lipinski definition) is 2. The molecule has 1 aliphatic rings. The molecule has 2 aromatic carbocycles. The Labute approximate surface area is 186 Å². The first-order chi connectivity index (χ1) is 12.7. The van der Waals surface area contributed by atoms with Gasteiger partial charge in [0.25, 0.3) is 0 Å². The summed E-state index contributed by atoms with van der Waals surface area (Å²) in [4.78, 5) is 4.29. The van der Waals surface area contributed by atoms with Crippen molar-refractivity contribution in [3.05, 3.63) is 57.6 Å². The predicted octanol–water partition coefficient (Wildman–Crippen LogP) is 3.92. The minimum absolute atomic E-state index is 0. The molecule has 3 rings (SSSR count). The second kappa shape index (κ2) is 10.8. The van der Waals surface area contributed by atoms with Crippen molar-refractivity contribution < 1.29 is 9.47 Å². The molecule has 1 heterocycles. The molecule has 0 saturated heterocycles. The highest BCUT2D eigenvalue weighted by molar-refractivity contribution is 14.0. The lowest BCUT2D eigenvalue weighted by atomic mass is 10.1. The summed E-state index contributed by atoms with van der Waals surface area (Å²) in [5, 5.41) is 6.70. The summed E-state index contributed by atoms with van der Waals surface area (Å²) >= 11 is 3.50. The predicted molar refractivity (Wildman–Crippen MR) is 124 cm³/mol. The number of methoxy groups -OCH3 is 1. The van der Waals surface area contributed by atoms with Crippen LogP contribution in [0.3, 0.4) is 0 Å². The Morgan fingerprint density at radius 1 is 1.22 bits per heavy atom. The Bertz CT molecular complexity index is 799. The number of halogens is 2. The average molecular weight is 546 g/mol. The normalized spacial score (nSPS) is 12.6. The van der Waals surface area contributed by atoms with E-state index in [4.69, 9.17) is 9.47 Å². The van der Waals surface area contributed by atoms with Gasteiger partial charge >= 0.3 is 0 Å². The van der Waals surface area contributed by atoms with Crippen LogP contribution in [0.4, 0.5) is 0 Å². The number of hydrogen-bond acceptors (Lipinski definition) is 3. The highest BCUT2D eigenvalue weighted by Gasteiger charge is 2.12. The summed E-state index contributed by atoms with van der Waals surface area (Å²) < 4.78 is 12.0. The van der Waals surface area contributed by atoms with Crippen LogP contribution < -0.4 is 20.1 Å². The molecular formula is C20H25BrIN3O2. The van der Waals surface area contributed by atoms with Gasteiger partial charge in [-0.2, -0.15) is 0 Å². The van der Waals surface area contributed by atoms with Gasteiger partial charge in [-0.25, -0.2) is 0 Å². The first-order valence-electron chi connectivity index (χ1n) is 8.71. The topological polar surface area (TPSA) is 54.9 Å². The molecule has 0 saturated carbocycles. The molecule has 0 atom stereocenters. The maximum atomic E-state index is 5.56. The highest BCUT2D eigenvalue weighted by atomic mass is 127. The largest absolute Gasteiger partial charge is 0.496 e. The molecule has 0 fully saturated rings. The van der Waals surface area contributed by atoms with Gasteiger partial charge in [0.1, 0.15) is 11.5 Å². The quantitative estimate of drug-likeness (QED) is 0.328. The third-order valence-corrected chi connectivity index (χ3v) is 4.87. The molecule has 146 valence electrons. The third-order valence-electron chi connectivity index (χ3n) is 4.37. The number of guanidine groups is 1. The van der Waals surface area contributed by atoms with E-state index in [1.54, 1.807) is 14.2 Å². The zero-order valence-electron chi connectivity index (χ0n) is 15.5. The van der Waals surface area contributed by atoms with Crippen LogP contribution in [0.25, 0.3) is 0 Å². The van der Waals surface area contributed by atoms with Crippen LogP contribution >= 0.6 is 39.9 Å². The zero-order valence-corrected chi connectivity index (χ0v) is 19.5. The van der Waals surface area contributed by atoms with E-state index >= 15 is 0 Å². The Hall–Kier alpha value is -1.48. The van der Waals surface area contributed by atoms with E-state index in [0.29, 0.717) is 6.54 Å². The zero-order chi connectivity index (χ0) is 18.4. The summed E-state index contributed by atoms with van der Waals surface area (Å²) in [5.74, 6) is 2.66. The average Bonchev–Trinajstić information content (AvgIpc) is 3.12. The molecule has 27 heavy (non-hydrogen) atoms. The summed E-state index contributed by atoms with van der Waals surface area (Å²) in [7, 11) is 3.46. The van der Waals surface area contributed by atoms with E-state index in [0.717, 1.165) is 53.5 Å². The van der Waals surface area contributed by atoms with Gasteiger partial charge in [0.05, 0.1) is 13.7 Å². The lowest BCUT2D eigenvalue weighted by Crippen LogP contribution is -2.37. The molecule has 0 spiro atoms. The summed E-state index contributed by atoms with van der Waals surface area (Å²) in [6, 6.07) is 12.4. The number of aliphatic imine (C=N–C) groups is 1. The number of fused-ring (bicyclic) bond motifs is 1. The molecular weight excluding hydrogens is 521 g/mol. The number of rotatable bonds is 6. The van der Waals surface area contributed by atoms with Crippen LogP contribution in [0.2, 0.25) is 0 Å². The van der Waals surface area contributed by atoms with Gasteiger partial charge < -0.3 is 20.1 Å². The molecule has 0 aromatic heterocycles. The number of benzene rings is 2. The van der Waals surface area contributed by atoms with Crippen LogP contribution in [0, 0.1) is 0 Å². The van der Waals surface area contributed by atoms with Gasteiger partial charge in [-0.3, -0.25) is 4.99 Å². The maximum Gasteiger partial charge on any atom is 0.191 e. The Balaban J connectivity index is 0.00000261. The Morgan fingerprint density at radius 3 is 2.85 bits per heavy atom. The summed E-state index contributed by atoms with van der Waals surface area (Å²) in [6.45, 7) is 2.25. The lowest BCUT2D eigenvalue weighted by Gasteiger charge is -2.14. The first-order valence-corrected chi connectivity index (χ1v) is 9.50. The van der Waals surface area contributed by atoms with Crippen LogP contribution in [-0.2, 0) is 19.4 Å². The van der Waals surface area contributed by atoms with E-state index in [1.807, 2.05) is 18.2 Å². The Morgan fingerprint density at radius 2 is 2.07 bits per heavy atom. The second-order valence-electron chi connectivity index (χ2n) is 6.10. The molecule has 0 amide bonds. The van der Waals surface area contributed by atoms with Crippen molar-refractivity contribution in [2.75, 3.05) is 27.3 Å². The van der Waals surface area contributed by atoms with Gasteiger partial charge in [0, 0.05) is 36.6 Å². The fourth-order valence-corrected chi connectivity index (χ4v) is 3.41. The molecule has 7 heteroatoms. The SMILES string of the molecule is CN=C(NCCc1ccc2c(c1)CCO2)NCc1cc(Br)ccc1OC.I. The molecule has 0 radical (unpaired) electrons. The minimum atomic E-state index is 0. The van der Waals surface area contributed by atoms with Gasteiger partial charge in [-0.15, -0.1) is 24.0 Å². The van der Waals surface area contributed by atoms with Crippen molar-refractivity contribution in [1.82, 2.24) is 10.6 Å². The van der Waals surface area contributed by atoms with Crippen molar-refractivity contribution in [2.24, 2.45) is 4.99 Å². The Kier molecular flexibility index (Phi) is 8.69. The fourth-order valence-electron chi connectivity index (χ4n) is 3.01. The van der Waals surface area contributed by atoms with Gasteiger partial charge in [-0.05, 0) is 41.8 Å². The third kappa shape index (κ3) is 6.00. The number of nitrogens with one attached hydrogen (secondary N) is 2. The molecule has 2 aromatic rings. The maximum absolute atomic E-state index is 5.56. The van der Waals surface area contributed by atoms with E-state index in [2.05, 4.69) is 49.8 Å². The van der Waals surface area contributed by atoms with Gasteiger partial charge in [-0.1, -0.05) is 28.1 Å². The summed E-state index contributed by atoms with van der Waals surface area (Å²) in [6.07, 6.45) is 1.95. The number of ether oxygens (including phenoxy) is 2. The smallest absolute Gasteiger partial charge is 0.191 e. The van der Waals surface area contributed by atoms with Crippen molar-refractivity contribution in [3.8, 4) is 11.5 Å².